The number of benzene rings is 1. The van der Waals surface area contributed by atoms with Gasteiger partial charge in [-0.05, 0) is 39.4 Å². The molecule has 1 aromatic rings. The average Bonchev–Trinajstić information content (AvgIpc) is 2.44. The first-order valence-corrected chi connectivity index (χ1v) is 7.66. The zero-order valence-corrected chi connectivity index (χ0v) is 13.8. The van der Waals surface area contributed by atoms with Crippen molar-refractivity contribution in [2.45, 2.75) is 32.2 Å². The van der Waals surface area contributed by atoms with E-state index in [0.717, 1.165) is 18.5 Å². The minimum absolute atomic E-state index is 0.124. The summed E-state index contributed by atoms with van der Waals surface area (Å²) in [6.45, 7) is 5.87. The molecule has 1 atom stereocenters. The first-order chi connectivity index (χ1) is 9.93. The smallest absolute Gasteiger partial charge is 0.234 e. The summed E-state index contributed by atoms with van der Waals surface area (Å²) in [6.07, 6.45) is 0.902. The van der Waals surface area contributed by atoms with E-state index in [0.29, 0.717) is 12.6 Å². The summed E-state index contributed by atoms with van der Waals surface area (Å²) in [4.78, 5) is 14.7. The predicted molar refractivity (Wildman–Crippen MR) is 91.4 cm³/mol. The minimum Gasteiger partial charge on any atom is -0.392 e. The zero-order valence-electron chi connectivity index (χ0n) is 13.0. The topological polar surface area (TPSA) is 58.4 Å². The fourth-order valence-corrected chi connectivity index (χ4v) is 2.23. The van der Waals surface area contributed by atoms with E-state index in [9.17, 15) is 4.79 Å². The molecule has 0 aromatic heterocycles. The summed E-state index contributed by atoms with van der Waals surface area (Å²) < 4.78 is 0. The number of carbonyl (C=O) groups excluding carboxylic acids is 1. The van der Waals surface area contributed by atoms with Crippen molar-refractivity contribution in [2.75, 3.05) is 20.1 Å². The zero-order chi connectivity index (χ0) is 15.8. The van der Waals surface area contributed by atoms with Gasteiger partial charge in [0, 0.05) is 12.6 Å². The Labute approximate surface area is 132 Å². The SMILES string of the molecule is CC(C)N(C)CCCNC(=O)C(C(N)=S)c1ccccc1. The molecule has 0 spiro atoms. The molecule has 1 unspecified atom stereocenters. The van der Waals surface area contributed by atoms with Crippen LogP contribution in [0.5, 0.6) is 0 Å². The first kappa shape index (κ1) is 17.6. The van der Waals surface area contributed by atoms with E-state index in [4.69, 9.17) is 18.0 Å². The molecule has 21 heavy (non-hydrogen) atoms. The molecule has 0 radical (unpaired) electrons. The van der Waals surface area contributed by atoms with Gasteiger partial charge in [-0.3, -0.25) is 4.79 Å². The van der Waals surface area contributed by atoms with Crippen LogP contribution in [0.2, 0.25) is 0 Å². The molecule has 0 saturated heterocycles. The van der Waals surface area contributed by atoms with Crippen molar-refractivity contribution in [1.82, 2.24) is 10.2 Å². The molecule has 0 bridgehead atoms. The summed E-state index contributed by atoms with van der Waals surface area (Å²) in [5.41, 5.74) is 6.56. The Kier molecular flexibility index (Phi) is 7.32. The van der Waals surface area contributed by atoms with Crippen LogP contribution in [0.4, 0.5) is 0 Å². The largest absolute Gasteiger partial charge is 0.392 e. The van der Waals surface area contributed by atoms with Gasteiger partial charge in [-0.25, -0.2) is 0 Å². The number of hydrogen-bond donors (Lipinski definition) is 2. The molecular weight excluding hydrogens is 282 g/mol. The van der Waals surface area contributed by atoms with Gasteiger partial charge in [0.05, 0.1) is 4.99 Å². The highest BCUT2D eigenvalue weighted by Gasteiger charge is 2.22. The lowest BCUT2D eigenvalue weighted by Crippen LogP contribution is -2.37. The summed E-state index contributed by atoms with van der Waals surface area (Å²) in [7, 11) is 2.08. The molecule has 1 aromatic carbocycles. The second kappa shape index (κ2) is 8.74. The predicted octanol–water partition coefficient (Wildman–Crippen LogP) is 1.90. The van der Waals surface area contributed by atoms with E-state index in [1.54, 1.807) is 0 Å². The monoisotopic (exact) mass is 307 g/mol. The second-order valence-electron chi connectivity index (χ2n) is 5.47. The number of carbonyl (C=O) groups is 1. The maximum absolute atomic E-state index is 12.3. The molecule has 116 valence electrons. The standard InChI is InChI=1S/C16H25N3OS/c1-12(2)19(3)11-7-10-18-16(20)14(15(17)21)13-8-5-4-6-9-13/h4-6,8-9,12,14H,7,10-11H2,1-3H3,(H2,17,21)(H,18,20). The van der Waals surface area contributed by atoms with Gasteiger partial charge in [-0.15, -0.1) is 0 Å². The number of thiocarbonyl (C=S) groups is 1. The van der Waals surface area contributed by atoms with E-state index >= 15 is 0 Å². The molecule has 1 amide bonds. The Morgan fingerprint density at radius 3 is 2.48 bits per heavy atom. The van der Waals surface area contributed by atoms with Gasteiger partial charge in [-0.1, -0.05) is 42.5 Å². The van der Waals surface area contributed by atoms with Gasteiger partial charge in [0.25, 0.3) is 0 Å². The highest BCUT2D eigenvalue weighted by Crippen LogP contribution is 2.16. The highest BCUT2D eigenvalue weighted by molar-refractivity contribution is 7.80. The molecule has 0 fully saturated rings. The lowest BCUT2D eigenvalue weighted by Gasteiger charge is -2.21. The van der Waals surface area contributed by atoms with Crippen LogP contribution < -0.4 is 11.1 Å². The molecule has 0 aliphatic rings. The van der Waals surface area contributed by atoms with Crippen LogP contribution in [0.15, 0.2) is 30.3 Å². The lowest BCUT2D eigenvalue weighted by atomic mass is 9.98. The van der Waals surface area contributed by atoms with Crippen LogP contribution in [0.3, 0.4) is 0 Å². The third-order valence-electron chi connectivity index (χ3n) is 3.55. The highest BCUT2D eigenvalue weighted by atomic mass is 32.1. The van der Waals surface area contributed by atoms with Crippen LogP contribution in [0.1, 0.15) is 31.7 Å². The first-order valence-electron chi connectivity index (χ1n) is 7.25. The van der Waals surface area contributed by atoms with E-state index < -0.39 is 5.92 Å². The van der Waals surface area contributed by atoms with Crippen LogP contribution in [0, 0.1) is 0 Å². The van der Waals surface area contributed by atoms with Crippen LogP contribution in [0.25, 0.3) is 0 Å². The Morgan fingerprint density at radius 2 is 1.95 bits per heavy atom. The average molecular weight is 307 g/mol. The van der Waals surface area contributed by atoms with Crippen molar-refractivity contribution < 1.29 is 4.79 Å². The summed E-state index contributed by atoms with van der Waals surface area (Å²) in [6, 6.07) is 9.91. The number of rotatable bonds is 8. The van der Waals surface area contributed by atoms with E-state index in [1.165, 1.54) is 0 Å². The van der Waals surface area contributed by atoms with Crippen molar-refractivity contribution in [3.8, 4) is 0 Å². The molecular formula is C16H25N3OS. The Morgan fingerprint density at radius 1 is 1.33 bits per heavy atom. The fourth-order valence-electron chi connectivity index (χ4n) is 1.99. The maximum Gasteiger partial charge on any atom is 0.234 e. The van der Waals surface area contributed by atoms with Gasteiger partial charge in [0.15, 0.2) is 0 Å². The van der Waals surface area contributed by atoms with Gasteiger partial charge in [0.1, 0.15) is 5.92 Å². The molecule has 3 N–H and O–H groups in total. The fraction of sp³-hybridized carbons (Fsp3) is 0.500. The summed E-state index contributed by atoms with van der Waals surface area (Å²) in [5.74, 6) is -0.676. The molecule has 0 aliphatic heterocycles. The minimum atomic E-state index is -0.552. The normalized spacial score (nSPS) is 12.4. The molecule has 0 saturated carbocycles. The van der Waals surface area contributed by atoms with E-state index in [2.05, 4.69) is 31.1 Å². The Balaban J connectivity index is 2.50. The van der Waals surface area contributed by atoms with Crippen molar-refractivity contribution in [1.29, 1.82) is 0 Å². The maximum atomic E-state index is 12.3. The number of nitrogens with zero attached hydrogens (tertiary/aromatic N) is 1. The molecule has 4 nitrogen and oxygen atoms in total. The van der Waals surface area contributed by atoms with Gasteiger partial charge >= 0.3 is 0 Å². The van der Waals surface area contributed by atoms with Crippen LogP contribution >= 0.6 is 12.2 Å². The number of nitrogens with two attached hydrogens (primary N) is 1. The Bertz CT molecular complexity index is 462. The quantitative estimate of drug-likeness (QED) is 0.569. The number of nitrogens with one attached hydrogen (secondary N) is 1. The van der Waals surface area contributed by atoms with Crippen LogP contribution in [-0.4, -0.2) is 42.0 Å². The molecule has 0 heterocycles. The summed E-state index contributed by atoms with van der Waals surface area (Å²) in [5, 5.41) is 2.92. The van der Waals surface area contributed by atoms with E-state index in [-0.39, 0.29) is 10.9 Å². The van der Waals surface area contributed by atoms with E-state index in [1.807, 2.05) is 30.3 Å². The van der Waals surface area contributed by atoms with Gasteiger partial charge < -0.3 is 16.0 Å². The van der Waals surface area contributed by atoms with Crippen molar-refractivity contribution in [3.05, 3.63) is 35.9 Å². The van der Waals surface area contributed by atoms with Gasteiger partial charge in [-0.2, -0.15) is 0 Å². The number of amides is 1. The summed E-state index contributed by atoms with van der Waals surface area (Å²) >= 11 is 5.04. The van der Waals surface area contributed by atoms with Gasteiger partial charge in [0.2, 0.25) is 5.91 Å². The third kappa shape index (κ3) is 5.81. The van der Waals surface area contributed by atoms with Crippen LogP contribution in [-0.2, 0) is 4.79 Å². The Hall–Kier alpha value is -1.46. The third-order valence-corrected chi connectivity index (χ3v) is 3.78. The number of hydrogen-bond acceptors (Lipinski definition) is 3. The second-order valence-corrected chi connectivity index (χ2v) is 5.94. The molecule has 1 rings (SSSR count). The van der Waals surface area contributed by atoms with Crippen molar-refractivity contribution in [3.63, 3.8) is 0 Å². The van der Waals surface area contributed by atoms with Crippen molar-refractivity contribution in [2.24, 2.45) is 5.73 Å². The lowest BCUT2D eigenvalue weighted by molar-refractivity contribution is -0.121. The molecule has 5 heteroatoms. The van der Waals surface area contributed by atoms with Crippen molar-refractivity contribution >= 4 is 23.1 Å². The molecule has 0 aliphatic carbocycles.